The summed E-state index contributed by atoms with van der Waals surface area (Å²) in [4.78, 5) is 17.6. The summed E-state index contributed by atoms with van der Waals surface area (Å²) in [7, 11) is -3.84. The summed E-state index contributed by atoms with van der Waals surface area (Å²) in [6.45, 7) is 10.1. The number of sulfonamides is 1. The fraction of sp³-hybridized carbons (Fsp3) is 0.667. The summed E-state index contributed by atoms with van der Waals surface area (Å²) in [6, 6.07) is 0.0567. The van der Waals surface area contributed by atoms with E-state index in [2.05, 4.69) is 11.9 Å². The molecule has 1 aromatic heterocycles. The van der Waals surface area contributed by atoms with Gasteiger partial charge in [-0.25, -0.2) is 13.6 Å². The Labute approximate surface area is 132 Å². The zero-order valence-electron chi connectivity index (χ0n) is 13.8. The number of nitrogens with zero attached hydrogens (tertiary/aromatic N) is 1. The highest BCUT2D eigenvalue weighted by atomic mass is 32.2. The van der Waals surface area contributed by atoms with Gasteiger partial charge in [0.2, 0.25) is 10.0 Å². The second-order valence-corrected chi connectivity index (χ2v) is 8.15. The molecule has 0 bridgehead atoms. The molecule has 0 radical (unpaired) electrons. The Kier molecular flexibility index (Phi) is 4.41. The van der Waals surface area contributed by atoms with Gasteiger partial charge in [0.1, 0.15) is 10.6 Å². The van der Waals surface area contributed by atoms with Gasteiger partial charge in [-0.05, 0) is 51.5 Å². The van der Waals surface area contributed by atoms with Crippen LogP contribution in [0.1, 0.15) is 48.9 Å². The van der Waals surface area contributed by atoms with E-state index < -0.39 is 10.0 Å². The molecule has 6 nitrogen and oxygen atoms in total. The number of rotatable bonds is 5. The lowest BCUT2D eigenvalue weighted by Gasteiger charge is -2.27. The average Bonchev–Trinajstić information content (AvgIpc) is 2.96. The van der Waals surface area contributed by atoms with Gasteiger partial charge in [0.25, 0.3) is 5.91 Å². The van der Waals surface area contributed by atoms with Gasteiger partial charge in [0, 0.05) is 18.3 Å². The number of carbonyl (C=O) groups is 1. The topological polar surface area (TPSA) is 96.3 Å². The fourth-order valence-electron chi connectivity index (χ4n) is 2.95. The highest BCUT2D eigenvalue weighted by Gasteiger charge is 2.37. The van der Waals surface area contributed by atoms with Crippen molar-refractivity contribution in [3.8, 4) is 0 Å². The summed E-state index contributed by atoms with van der Waals surface area (Å²) >= 11 is 0. The van der Waals surface area contributed by atoms with Crippen LogP contribution in [-0.4, -0.2) is 36.8 Å². The molecule has 22 heavy (non-hydrogen) atoms. The fourth-order valence-corrected chi connectivity index (χ4v) is 3.96. The van der Waals surface area contributed by atoms with Crippen molar-refractivity contribution in [2.45, 2.75) is 52.0 Å². The summed E-state index contributed by atoms with van der Waals surface area (Å²) < 4.78 is 23.4. The smallest absolute Gasteiger partial charge is 0.270 e. The molecule has 0 aromatic carbocycles. The maximum atomic E-state index is 12.8. The predicted octanol–water partition coefficient (Wildman–Crippen LogP) is 1.79. The summed E-state index contributed by atoms with van der Waals surface area (Å²) in [5, 5.41) is 5.24. The number of nitrogens with two attached hydrogens (primary N) is 1. The minimum atomic E-state index is -3.84. The number of H-pyrrole nitrogens is 1. The van der Waals surface area contributed by atoms with E-state index in [1.54, 1.807) is 18.7 Å². The van der Waals surface area contributed by atoms with Gasteiger partial charge in [0.15, 0.2) is 0 Å². The number of nitrogens with one attached hydrogen (secondary N) is 1. The number of carbonyl (C=O) groups excluding carboxylic acids is 1. The lowest BCUT2D eigenvalue weighted by molar-refractivity contribution is 0.0687. The maximum absolute atomic E-state index is 12.8. The molecule has 1 saturated carbocycles. The summed E-state index contributed by atoms with van der Waals surface area (Å²) in [5.74, 6) is 1.03. The molecule has 7 heteroatoms. The first-order chi connectivity index (χ1) is 10.0. The lowest BCUT2D eigenvalue weighted by atomic mass is 10.2. The van der Waals surface area contributed by atoms with Crippen molar-refractivity contribution >= 4 is 15.9 Å². The number of hydrogen-bond acceptors (Lipinski definition) is 3. The Balaban J connectivity index is 2.35. The Morgan fingerprint density at radius 2 is 1.95 bits per heavy atom. The van der Waals surface area contributed by atoms with E-state index >= 15 is 0 Å². The van der Waals surface area contributed by atoms with Crippen LogP contribution in [0, 0.1) is 25.7 Å². The van der Waals surface area contributed by atoms with Crippen LogP contribution in [0.15, 0.2) is 4.90 Å². The third-order valence-corrected chi connectivity index (χ3v) is 5.64. The Morgan fingerprint density at radius 1 is 1.41 bits per heavy atom. The third-order valence-electron chi connectivity index (χ3n) is 4.46. The van der Waals surface area contributed by atoms with Crippen LogP contribution in [-0.2, 0) is 10.0 Å². The van der Waals surface area contributed by atoms with Crippen LogP contribution in [0.3, 0.4) is 0 Å². The molecule has 1 aromatic rings. The monoisotopic (exact) mass is 327 g/mol. The predicted molar refractivity (Wildman–Crippen MR) is 85.1 cm³/mol. The van der Waals surface area contributed by atoms with Gasteiger partial charge < -0.3 is 9.88 Å². The second-order valence-electron chi connectivity index (χ2n) is 6.65. The van der Waals surface area contributed by atoms with Gasteiger partial charge in [0.05, 0.1) is 0 Å². The zero-order chi connectivity index (χ0) is 16.8. The quantitative estimate of drug-likeness (QED) is 0.863. The van der Waals surface area contributed by atoms with Crippen molar-refractivity contribution < 1.29 is 13.2 Å². The van der Waals surface area contributed by atoms with Gasteiger partial charge in [-0.2, -0.15) is 0 Å². The summed E-state index contributed by atoms with van der Waals surface area (Å²) in [5.41, 5.74) is 1.13. The Morgan fingerprint density at radius 3 is 2.32 bits per heavy atom. The van der Waals surface area contributed by atoms with E-state index in [-0.39, 0.29) is 16.8 Å². The highest BCUT2D eigenvalue weighted by molar-refractivity contribution is 7.89. The molecule has 2 atom stereocenters. The molecule has 2 unspecified atom stereocenters. The minimum absolute atomic E-state index is 0.0272. The van der Waals surface area contributed by atoms with Crippen LogP contribution < -0.4 is 5.14 Å². The van der Waals surface area contributed by atoms with E-state index in [0.29, 0.717) is 35.3 Å². The molecule has 0 saturated heterocycles. The number of aryl methyl sites for hydroxylation is 1. The number of aromatic nitrogens is 1. The van der Waals surface area contributed by atoms with Crippen LogP contribution in [0.25, 0.3) is 0 Å². The number of aromatic amines is 1. The highest BCUT2D eigenvalue weighted by Crippen LogP contribution is 2.39. The molecular formula is C15H25N3O3S. The molecule has 2 rings (SSSR count). The van der Waals surface area contributed by atoms with Crippen molar-refractivity contribution in [3.05, 3.63) is 17.0 Å². The third kappa shape index (κ3) is 3.20. The van der Waals surface area contributed by atoms with E-state index in [0.717, 1.165) is 6.42 Å². The lowest BCUT2D eigenvalue weighted by Crippen LogP contribution is -2.39. The number of amides is 1. The van der Waals surface area contributed by atoms with E-state index in [4.69, 9.17) is 5.14 Å². The van der Waals surface area contributed by atoms with Crippen molar-refractivity contribution in [1.82, 2.24) is 9.88 Å². The first-order valence-corrected chi connectivity index (χ1v) is 9.11. The van der Waals surface area contributed by atoms with Crippen LogP contribution in [0.2, 0.25) is 0 Å². The average molecular weight is 327 g/mol. The molecule has 1 fully saturated rings. The Bertz CT molecular complexity index is 691. The standard InChI is InChI=1S/C15H25N3O3S/c1-8(2)18(7-12-6-9(12)3)15(19)13-10(4)14(11(5)17-13)22(16,20)21/h8-9,12,17H,6-7H2,1-5H3,(H2,16,20,21). The summed E-state index contributed by atoms with van der Waals surface area (Å²) in [6.07, 6.45) is 1.14. The van der Waals surface area contributed by atoms with Crippen LogP contribution in [0.4, 0.5) is 0 Å². The SMILES string of the molecule is Cc1[nH]c(C(=O)N(CC2CC2C)C(C)C)c(C)c1S(N)(=O)=O. The van der Waals surface area contributed by atoms with Crippen molar-refractivity contribution in [3.63, 3.8) is 0 Å². The molecule has 1 aliphatic rings. The van der Waals surface area contributed by atoms with E-state index in [1.165, 1.54) is 0 Å². The molecule has 1 aliphatic carbocycles. The van der Waals surface area contributed by atoms with Gasteiger partial charge >= 0.3 is 0 Å². The van der Waals surface area contributed by atoms with Crippen molar-refractivity contribution in [2.75, 3.05) is 6.54 Å². The molecule has 124 valence electrons. The van der Waals surface area contributed by atoms with Crippen molar-refractivity contribution in [1.29, 1.82) is 0 Å². The van der Waals surface area contributed by atoms with E-state index in [9.17, 15) is 13.2 Å². The van der Waals surface area contributed by atoms with Gasteiger partial charge in [-0.15, -0.1) is 0 Å². The number of hydrogen-bond donors (Lipinski definition) is 2. The Hall–Kier alpha value is -1.34. The largest absolute Gasteiger partial charge is 0.353 e. The van der Waals surface area contributed by atoms with Gasteiger partial charge in [-0.1, -0.05) is 6.92 Å². The maximum Gasteiger partial charge on any atom is 0.270 e. The molecule has 0 aliphatic heterocycles. The first kappa shape index (κ1) is 17.0. The number of primary sulfonamides is 1. The van der Waals surface area contributed by atoms with Crippen LogP contribution >= 0.6 is 0 Å². The van der Waals surface area contributed by atoms with Gasteiger partial charge in [-0.3, -0.25) is 4.79 Å². The minimum Gasteiger partial charge on any atom is -0.353 e. The molecule has 0 spiro atoms. The molecule has 3 N–H and O–H groups in total. The van der Waals surface area contributed by atoms with Crippen LogP contribution in [0.5, 0.6) is 0 Å². The first-order valence-electron chi connectivity index (χ1n) is 7.57. The van der Waals surface area contributed by atoms with E-state index in [1.807, 2.05) is 13.8 Å². The zero-order valence-corrected chi connectivity index (χ0v) is 14.6. The van der Waals surface area contributed by atoms with Crippen molar-refractivity contribution in [2.24, 2.45) is 17.0 Å². The molecule has 1 heterocycles. The molecule has 1 amide bonds. The second kappa shape index (κ2) is 5.70. The molecular weight excluding hydrogens is 302 g/mol. The normalized spacial score (nSPS) is 21.2.